The largest absolute Gasteiger partial charge is 0.181 e. The molecule has 0 amide bonds. The van der Waals surface area contributed by atoms with Crippen LogP contribution in [0, 0.1) is 0 Å². The molecule has 0 aliphatic heterocycles. The molecule has 5 heteroatoms. The number of aromatic nitrogens is 2. The van der Waals surface area contributed by atoms with Gasteiger partial charge in [0.2, 0.25) is 0 Å². The molecule has 1 aromatic heterocycles. The molecular formula is C8H4Cl2N2S. The summed E-state index contributed by atoms with van der Waals surface area (Å²) in [6, 6.07) is 5.39. The van der Waals surface area contributed by atoms with Crippen molar-refractivity contribution in [2.24, 2.45) is 0 Å². The second-order valence-corrected chi connectivity index (χ2v) is 3.79. The van der Waals surface area contributed by atoms with Gasteiger partial charge in [-0.3, -0.25) is 0 Å². The second kappa shape index (κ2) is 3.62. The normalized spacial score (nSPS) is 10.3. The predicted molar refractivity (Wildman–Crippen MR) is 55.4 cm³/mol. The van der Waals surface area contributed by atoms with E-state index in [0.29, 0.717) is 10.0 Å². The molecule has 13 heavy (non-hydrogen) atoms. The number of hydrogen-bond donors (Lipinski definition) is 0. The van der Waals surface area contributed by atoms with E-state index in [-0.39, 0.29) is 0 Å². The molecule has 0 bridgehead atoms. The van der Waals surface area contributed by atoms with Crippen LogP contribution in [0.3, 0.4) is 0 Å². The summed E-state index contributed by atoms with van der Waals surface area (Å²) in [5.74, 6) is 0. The van der Waals surface area contributed by atoms with Crippen molar-refractivity contribution in [1.82, 2.24) is 8.75 Å². The first-order valence-electron chi connectivity index (χ1n) is 3.50. The van der Waals surface area contributed by atoms with Crippen LogP contribution in [-0.4, -0.2) is 8.75 Å². The van der Waals surface area contributed by atoms with Crippen molar-refractivity contribution in [3.05, 3.63) is 34.4 Å². The first-order valence-corrected chi connectivity index (χ1v) is 4.99. The van der Waals surface area contributed by atoms with Crippen LogP contribution in [0.2, 0.25) is 10.0 Å². The summed E-state index contributed by atoms with van der Waals surface area (Å²) in [5, 5.41) is 1.08. The van der Waals surface area contributed by atoms with Crippen molar-refractivity contribution < 1.29 is 0 Å². The van der Waals surface area contributed by atoms with E-state index in [1.165, 1.54) is 11.7 Å². The third kappa shape index (κ3) is 1.82. The molecule has 0 saturated heterocycles. The molecule has 0 aliphatic carbocycles. The lowest BCUT2D eigenvalue weighted by molar-refractivity contribution is 1.49. The summed E-state index contributed by atoms with van der Waals surface area (Å²) in [6.45, 7) is 0. The monoisotopic (exact) mass is 230 g/mol. The summed E-state index contributed by atoms with van der Waals surface area (Å²) in [7, 11) is 0. The van der Waals surface area contributed by atoms with Crippen LogP contribution in [0.15, 0.2) is 24.4 Å². The van der Waals surface area contributed by atoms with E-state index in [2.05, 4.69) is 8.75 Å². The summed E-state index contributed by atoms with van der Waals surface area (Å²) in [6.07, 6.45) is 1.70. The number of benzene rings is 1. The maximum atomic E-state index is 5.85. The Labute approximate surface area is 89.5 Å². The average Bonchev–Trinajstić information content (AvgIpc) is 2.62. The summed E-state index contributed by atoms with van der Waals surface area (Å²) < 4.78 is 7.99. The molecule has 0 saturated carbocycles. The molecule has 0 fully saturated rings. The number of rotatable bonds is 1. The molecule has 2 nitrogen and oxygen atoms in total. The van der Waals surface area contributed by atoms with Gasteiger partial charge in [0, 0.05) is 5.56 Å². The van der Waals surface area contributed by atoms with Crippen LogP contribution >= 0.6 is 34.9 Å². The summed E-state index contributed by atoms with van der Waals surface area (Å²) >= 11 is 12.8. The Morgan fingerprint density at radius 2 is 2.00 bits per heavy atom. The molecule has 0 aliphatic rings. The van der Waals surface area contributed by atoms with E-state index in [1.807, 2.05) is 6.07 Å². The average molecular weight is 231 g/mol. The highest BCUT2D eigenvalue weighted by atomic mass is 35.5. The fourth-order valence-corrected chi connectivity index (χ4v) is 1.68. The van der Waals surface area contributed by atoms with Crippen molar-refractivity contribution >= 4 is 34.9 Å². The van der Waals surface area contributed by atoms with E-state index in [0.717, 1.165) is 11.3 Å². The van der Waals surface area contributed by atoms with Gasteiger partial charge in [0.1, 0.15) is 5.69 Å². The molecule has 0 unspecified atom stereocenters. The predicted octanol–water partition coefficient (Wildman–Crippen LogP) is 3.51. The molecule has 0 N–H and O–H groups in total. The van der Waals surface area contributed by atoms with E-state index < -0.39 is 0 Å². The minimum atomic E-state index is 0.534. The van der Waals surface area contributed by atoms with Gasteiger partial charge in [0.15, 0.2) is 0 Å². The summed E-state index contributed by atoms with van der Waals surface area (Å²) in [5.41, 5.74) is 1.76. The van der Waals surface area contributed by atoms with Crippen LogP contribution in [-0.2, 0) is 0 Å². The van der Waals surface area contributed by atoms with Crippen LogP contribution < -0.4 is 0 Å². The van der Waals surface area contributed by atoms with Crippen LogP contribution in [0.25, 0.3) is 11.3 Å². The van der Waals surface area contributed by atoms with Crippen molar-refractivity contribution in [3.63, 3.8) is 0 Å². The lowest BCUT2D eigenvalue weighted by Crippen LogP contribution is -1.76. The minimum absolute atomic E-state index is 0.534. The summed E-state index contributed by atoms with van der Waals surface area (Å²) in [4.78, 5) is 0. The Balaban J connectivity index is 2.49. The first kappa shape index (κ1) is 8.94. The Morgan fingerprint density at radius 1 is 1.15 bits per heavy atom. The smallest absolute Gasteiger partial charge is 0.104 e. The molecule has 2 rings (SSSR count). The fourth-order valence-electron chi connectivity index (χ4n) is 0.947. The number of halogens is 2. The minimum Gasteiger partial charge on any atom is -0.181 e. The third-order valence-corrected chi connectivity index (χ3v) is 2.79. The van der Waals surface area contributed by atoms with Crippen LogP contribution in [0.4, 0.5) is 0 Å². The topological polar surface area (TPSA) is 25.8 Å². The van der Waals surface area contributed by atoms with Gasteiger partial charge < -0.3 is 0 Å². The Bertz CT molecular complexity index is 414. The molecule has 1 aromatic carbocycles. The van der Waals surface area contributed by atoms with Crippen LogP contribution in [0.5, 0.6) is 0 Å². The zero-order valence-corrected chi connectivity index (χ0v) is 8.70. The molecule has 1 heterocycles. The number of hydrogen-bond acceptors (Lipinski definition) is 3. The standard InChI is InChI=1S/C8H4Cl2N2S/c9-6-2-1-5(3-7(6)10)8-4-11-13-12-8/h1-4H. The molecule has 2 aromatic rings. The van der Waals surface area contributed by atoms with E-state index >= 15 is 0 Å². The van der Waals surface area contributed by atoms with Crippen molar-refractivity contribution in [2.45, 2.75) is 0 Å². The van der Waals surface area contributed by atoms with E-state index in [1.54, 1.807) is 18.3 Å². The van der Waals surface area contributed by atoms with Crippen molar-refractivity contribution in [2.75, 3.05) is 0 Å². The quantitative estimate of drug-likeness (QED) is 0.750. The van der Waals surface area contributed by atoms with Crippen molar-refractivity contribution in [1.29, 1.82) is 0 Å². The molecule has 0 atom stereocenters. The maximum Gasteiger partial charge on any atom is 0.104 e. The Hall–Kier alpha value is -0.640. The zero-order chi connectivity index (χ0) is 9.26. The molecule has 0 radical (unpaired) electrons. The Morgan fingerprint density at radius 3 is 2.62 bits per heavy atom. The lowest BCUT2D eigenvalue weighted by atomic mass is 10.2. The highest BCUT2D eigenvalue weighted by Gasteiger charge is 2.03. The van der Waals surface area contributed by atoms with Gasteiger partial charge in [-0.1, -0.05) is 29.3 Å². The lowest BCUT2D eigenvalue weighted by Gasteiger charge is -1.98. The van der Waals surface area contributed by atoms with Crippen LogP contribution in [0.1, 0.15) is 0 Å². The van der Waals surface area contributed by atoms with E-state index in [9.17, 15) is 0 Å². The molecule has 66 valence electrons. The Kier molecular flexibility index (Phi) is 2.49. The van der Waals surface area contributed by atoms with Gasteiger partial charge in [-0.25, -0.2) is 0 Å². The number of nitrogens with zero attached hydrogens (tertiary/aromatic N) is 2. The SMILES string of the molecule is Clc1ccc(-c2cnsn2)cc1Cl. The van der Waals surface area contributed by atoms with E-state index in [4.69, 9.17) is 23.2 Å². The van der Waals surface area contributed by atoms with Gasteiger partial charge in [0.05, 0.1) is 28.0 Å². The third-order valence-electron chi connectivity index (χ3n) is 1.58. The fraction of sp³-hybridized carbons (Fsp3) is 0. The van der Waals surface area contributed by atoms with Gasteiger partial charge in [-0.2, -0.15) is 8.75 Å². The highest BCUT2D eigenvalue weighted by Crippen LogP contribution is 2.27. The molecule has 0 spiro atoms. The van der Waals surface area contributed by atoms with Gasteiger partial charge in [-0.15, -0.1) is 0 Å². The van der Waals surface area contributed by atoms with Crippen molar-refractivity contribution in [3.8, 4) is 11.3 Å². The van der Waals surface area contributed by atoms with Gasteiger partial charge >= 0.3 is 0 Å². The zero-order valence-electron chi connectivity index (χ0n) is 6.37. The first-order chi connectivity index (χ1) is 6.27. The van der Waals surface area contributed by atoms with Gasteiger partial charge in [-0.05, 0) is 12.1 Å². The second-order valence-electron chi connectivity index (χ2n) is 2.42. The van der Waals surface area contributed by atoms with Gasteiger partial charge in [0.25, 0.3) is 0 Å². The maximum absolute atomic E-state index is 5.85. The molecular weight excluding hydrogens is 227 g/mol. The highest BCUT2D eigenvalue weighted by molar-refractivity contribution is 6.99.